The standard InChI is InChI=1S/C14H13BrN2O3/c1-9-7-13(10(2)6-12(9)17(18)19)20-14-11(8-15)4-3-5-16-14/h3-7H,8H2,1-2H3. The average Bonchev–Trinajstić information content (AvgIpc) is 2.42. The molecule has 0 aliphatic rings. The fraction of sp³-hybridized carbons (Fsp3) is 0.214. The predicted octanol–water partition coefficient (Wildman–Crippen LogP) is 4.29. The van der Waals surface area contributed by atoms with E-state index in [4.69, 9.17) is 4.74 Å². The number of ether oxygens (including phenoxy) is 1. The Labute approximate surface area is 124 Å². The number of nitro benzene ring substituents is 1. The highest BCUT2D eigenvalue weighted by Gasteiger charge is 2.15. The zero-order chi connectivity index (χ0) is 14.7. The molecule has 0 unspecified atom stereocenters. The van der Waals surface area contributed by atoms with Gasteiger partial charge in [0, 0.05) is 28.7 Å². The van der Waals surface area contributed by atoms with Crippen LogP contribution in [0.4, 0.5) is 5.69 Å². The summed E-state index contributed by atoms with van der Waals surface area (Å²) in [5, 5.41) is 11.5. The van der Waals surface area contributed by atoms with Crippen LogP contribution < -0.4 is 4.74 Å². The predicted molar refractivity (Wildman–Crippen MR) is 79.5 cm³/mol. The molecule has 20 heavy (non-hydrogen) atoms. The lowest BCUT2D eigenvalue weighted by atomic mass is 10.1. The number of rotatable bonds is 4. The highest BCUT2D eigenvalue weighted by Crippen LogP contribution is 2.31. The molecule has 0 amide bonds. The van der Waals surface area contributed by atoms with Crippen molar-refractivity contribution in [3.63, 3.8) is 0 Å². The molecule has 104 valence electrons. The molecule has 0 fully saturated rings. The molecule has 1 aromatic heterocycles. The molecule has 0 saturated carbocycles. The number of nitrogens with zero attached hydrogens (tertiary/aromatic N) is 2. The second-order valence-corrected chi connectivity index (χ2v) is 4.93. The minimum Gasteiger partial charge on any atom is -0.438 e. The van der Waals surface area contributed by atoms with Gasteiger partial charge in [0.15, 0.2) is 0 Å². The molecule has 0 N–H and O–H groups in total. The number of benzene rings is 1. The van der Waals surface area contributed by atoms with Crippen LogP contribution in [0.3, 0.4) is 0 Å². The highest BCUT2D eigenvalue weighted by atomic mass is 79.9. The number of pyridine rings is 1. The molecule has 0 bridgehead atoms. The Balaban J connectivity index is 2.39. The first-order valence-corrected chi connectivity index (χ1v) is 7.08. The van der Waals surface area contributed by atoms with E-state index in [0.29, 0.717) is 28.1 Å². The van der Waals surface area contributed by atoms with Crippen molar-refractivity contribution in [1.29, 1.82) is 0 Å². The lowest BCUT2D eigenvalue weighted by molar-refractivity contribution is -0.385. The second kappa shape index (κ2) is 6.00. The molecular formula is C14H13BrN2O3. The van der Waals surface area contributed by atoms with Crippen molar-refractivity contribution in [3.05, 3.63) is 57.3 Å². The summed E-state index contributed by atoms with van der Waals surface area (Å²) in [6.45, 7) is 3.47. The minimum atomic E-state index is -0.392. The van der Waals surface area contributed by atoms with Crippen LogP contribution in [0.15, 0.2) is 30.5 Å². The molecule has 1 aromatic carbocycles. The Kier molecular flexibility index (Phi) is 4.34. The van der Waals surface area contributed by atoms with E-state index in [1.165, 1.54) is 6.07 Å². The van der Waals surface area contributed by atoms with Gasteiger partial charge in [0.25, 0.3) is 5.69 Å². The number of nitro groups is 1. The van der Waals surface area contributed by atoms with Crippen molar-refractivity contribution < 1.29 is 9.66 Å². The monoisotopic (exact) mass is 336 g/mol. The van der Waals surface area contributed by atoms with Gasteiger partial charge in [0.2, 0.25) is 5.88 Å². The largest absolute Gasteiger partial charge is 0.438 e. The summed E-state index contributed by atoms with van der Waals surface area (Å²) in [6, 6.07) is 6.92. The maximum Gasteiger partial charge on any atom is 0.272 e. The summed E-state index contributed by atoms with van der Waals surface area (Å²) < 4.78 is 5.78. The number of alkyl halides is 1. The fourth-order valence-electron chi connectivity index (χ4n) is 1.80. The molecule has 0 spiro atoms. The second-order valence-electron chi connectivity index (χ2n) is 4.36. The van der Waals surface area contributed by atoms with Crippen molar-refractivity contribution in [2.75, 3.05) is 0 Å². The van der Waals surface area contributed by atoms with Crippen LogP contribution in [0, 0.1) is 24.0 Å². The zero-order valence-corrected chi connectivity index (χ0v) is 12.7. The molecule has 6 heteroatoms. The number of hydrogen-bond donors (Lipinski definition) is 0. The van der Waals surface area contributed by atoms with Crippen LogP contribution in [0.2, 0.25) is 0 Å². The molecule has 0 radical (unpaired) electrons. The SMILES string of the molecule is Cc1cc([N+](=O)[O-])c(C)cc1Oc1ncccc1CBr. The Morgan fingerprint density at radius 2 is 2.10 bits per heavy atom. The van der Waals surface area contributed by atoms with Crippen LogP contribution >= 0.6 is 15.9 Å². The molecule has 0 atom stereocenters. The third kappa shape index (κ3) is 2.96. The maximum atomic E-state index is 10.9. The molecule has 0 aliphatic heterocycles. The van der Waals surface area contributed by atoms with Crippen LogP contribution in [0.25, 0.3) is 0 Å². The molecular weight excluding hydrogens is 324 g/mol. The van der Waals surface area contributed by atoms with E-state index in [9.17, 15) is 10.1 Å². The van der Waals surface area contributed by atoms with Crippen LogP contribution in [0.1, 0.15) is 16.7 Å². The summed E-state index contributed by atoms with van der Waals surface area (Å²) in [5.41, 5.74) is 2.28. The Morgan fingerprint density at radius 3 is 2.75 bits per heavy atom. The summed E-state index contributed by atoms with van der Waals surface area (Å²) in [6.07, 6.45) is 1.65. The van der Waals surface area contributed by atoms with Gasteiger partial charge in [-0.2, -0.15) is 0 Å². The van der Waals surface area contributed by atoms with Crippen molar-refractivity contribution in [3.8, 4) is 11.6 Å². The first-order chi connectivity index (χ1) is 9.52. The van der Waals surface area contributed by atoms with Crippen LogP contribution in [-0.4, -0.2) is 9.91 Å². The van der Waals surface area contributed by atoms with Gasteiger partial charge in [0.1, 0.15) is 5.75 Å². The van der Waals surface area contributed by atoms with Gasteiger partial charge in [-0.05, 0) is 31.5 Å². The quantitative estimate of drug-likeness (QED) is 0.474. The maximum absolute atomic E-state index is 10.9. The van der Waals surface area contributed by atoms with E-state index in [2.05, 4.69) is 20.9 Å². The van der Waals surface area contributed by atoms with Gasteiger partial charge in [-0.1, -0.05) is 22.0 Å². The van der Waals surface area contributed by atoms with E-state index in [1.807, 2.05) is 12.1 Å². The van der Waals surface area contributed by atoms with E-state index < -0.39 is 4.92 Å². The fourth-order valence-corrected chi connectivity index (χ4v) is 2.23. The average molecular weight is 337 g/mol. The first-order valence-electron chi connectivity index (χ1n) is 5.96. The van der Waals surface area contributed by atoms with Gasteiger partial charge < -0.3 is 4.74 Å². The molecule has 0 saturated heterocycles. The molecule has 2 aromatic rings. The Bertz CT molecular complexity index is 659. The number of hydrogen-bond acceptors (Lipinski definition) is 4. The van der Waals surface area contributed by atoms with Crippen LogP contribution in [-0.2, 0) is 5.33 Å². The van der Waals surface area contributed by atoms with Crippen molar-refractivity contribution >= 4 is 21.6 Å². The van der Waals surface area contributed by atoms with Crippen LogP contribution in [0.5, 0.6) is 11.6 Å². The number of halogens is 1. The van der Waals surface area contributed by atoms with E-state index >= 15 is 0 Å². The smallest absolute Gasteiger partial charge is 0.272 e. The Hall–Kier alpha value is -1.95. The molecule has 2 rings (SSSR count). The van der Waals surface area contributed by atoms with E-state index in [-0.39, 0.29) is 5.69 Å². The highest BCUT2D eigenvalue weighted by molar-refractivity contribution is 9.08. The molecule has 5 nitrogen and oxygen atoms in total. The van der Waals surface area contributed by atoms with E-state index in [1.54, 1.807) is 26.1 Å². The normalized spacial score (nSPS) is 10.3. The first kappa shape index (κ1) is 14.5. The third-order valence-corrected chi connectivity index (χ3v) is 3.49. The van der Waals surface area contributed by atoms with Crippen molar-refractivity contribution in [1.82, 2.24) is 4.98 Å². The van der Waals surface area contributed by atoms with Gasteiger partial charge in [-0.3, -0.25) is 10.1 Å². The lowest BCUT2D eigenvalue weighted by Gasteiger charge is -2.11. The Morgan fingerprint density at radius 1 is 1.35 bits per heavy atom. The number of aromatic nitrogens is 1. The number of aryl methyl sites for hydroxylation is 2. The molecule has 1 heterocycles. The van der Waals surface area contributed by atoms with Gasteiger partial charge >= 0.3 is 0 Å². The minimum absolute atomic E-state index is 0.0941. The summed E-state index contributed by atoms with van der Waals surface area (Å²) in [4.78, 5) is 14.7. The van der Waals surface area contributed by atoms with E-state index in [0.717, 1.165) is 5.56 Å². The topological polar surface area (TPSA) is 65.3 Å². The lowest BCUT2D eigenvalue weighted by Crippen LogP contribution is -1.97. The van der Waals surface area contributed by atoms with Crippen molar-refractivity contribution in [2.45, 2.75) is 19.2 Å². The zero-order valence-electron chi connectivity index (χ0n) is 11.1. The third-order valence-electron chi connectivity index (χ3n) is 2.89. The van der Waals surface area contributed by atoms with Gasteiger partial charge in [-0.15, -0.1) is 0 Å². The van der Waals surface area contributed by atoms with Crippen molar-refractivity contribution in [2.24, 2.45) is 0 Å². The summed E-state index contributed by atoms with van der Waals surface area (Å²) in [7, 11) is 0. The molecule has 0 aliphatic carbocycles. The van der Waals surface area contributed by atoms with Gasteiger partial charge in [0.05, 0.1) is 4.92 Å². The van der Waals surface area contributed by atoms with Gasteiger partial charge in [-0.25, -0.2) is 4.98 Å². The summed E-state index contributed by atoms with van der Waals surface area (Å²) >= 11 is 3.38. The summed E-state index contributed by atoms with van der Waals surface area (Å²) in [5.74, 6) is 1.08.